The van der Waals surface area contributed by atoms with Crippen molar-refractivity contribution in [2.24, 2.45) is 4.99 Å². The molecule has 3 aromatic carbocycles. The second-order valence-electron chi connectivity index (χ2n) is 7.97. The van der Waals surface area contributed by atoms with Crippen LogP contribution in [0.15, 0.2) is 95.3 Å². The van der Waals surface area contributed by atoms with Crippen LogP contribution in [0.25, 0.3) is 4.91 Å². The molecule has 192 valence electrons. The Hall–Kier alpha value is -2.61. The Labute approximate surface area is 241 Å². The van der Waals surface area contributed by atoms with Crippen molar-refractivity contribution in [3.63, 3.8) is 0 Å². The minimum atomic E-state index is -1.03. The number of methoxy groups -OCH3 is 1. The minimum absolute atomic E-state index is 0. The Morgan fingerprint density at radius 2 is 1.65 bits per heavy atom. The van der Waals surface area contributed by atoms with Crippen molar-refractivity contribution in [2.45, 2.75) is 12.5 Å². The Kier molecular flexibility index (Phi) is 9.62. The first-order chi connectivity index (χ1) is 17.0. The molecule has 0 bridgehead atoms. The molecule has 0 fully saturated rings. The third-order valence-electron chi connectivity index (χ3n) is 5.86. The predicted octanol–water partition coefficient (Wildman–Crippen LogP) is 7.89. The molecule has 5 nitrogen and oxygen atoms in total. The normalized spacial score (nSPS) is 16.2. The van der Waals surface area contributed by atoms with Crippen molar-refractivity contribution in [3.05, 3.63) is 117 Å². The van der Waals surface area contributed by atoms with Crippen molar-refractivity contribution in [3.8, 4) is 5.75 Å². The lowest BCUT2D eigenvalue weighted by molar-refractivity contribution is -0.133. The summed E-state index contributed by atoms with van der Waals surface area (Å²) >= 11 is 14.4. The number of allylic oxidation sites excluding steroid dienone is 1. The van der Waals surface area contributed by atoms with Crippen LogP contribution in [-0.4, -0.2) is 28.3 Å². The number of hydrogen-bond acceptors (Lipinski definition) is 5. The van der Waals surface area contributed by atoms with Gasteiger partial charge in [-0.05, 0) is 35.5 Å². The van der Waals surface area contributed by atoms with Crippen molar-refractivity contribution in [1.82, 2.24) is 4.90 Å². The molecule has 37 heavy (non-hydrogen) atoms. The Bertz CT molecular complexity index is 1390. The van der Waals surface area contributed by atoms with E-state index < -0.39 is 12.0 Å². The highest BCUT2D eigenvalue weighted by Gasteiger charge is 2.41. The number of aliphatic carboxylic acids is 1. The summed E-state index contributed by atoms with van der Waals surface area (Å²) in [5, 5.41) is 12.1. The number of benzene rings is 3. The SMILES string of the molecule is COc1ccccc1[C@H]1C(C(=O)O)=C(Cc2ccccc2)N=C2SC(c3c(Cl)cccc3Cl)=CN21.Cl.Cl. The van der Waals surface area contributed by atoms with Crippen molar-refractivity contribution in [1.29, 1.82) is 0 Å². The molecule has 1 N–H and O–H groups in total. The monoisotopic (exact) mass is 594 g/mol. The first-order valence-electron chi connectivity index (χ1n) is 10.8. The molecule has 0 spiro atoms. The van der Waals surface area contributed by atoms with Crippen LogP contribution in [0.1, 0.15) is 22.7 Å². The fraction of sp³-hybridized carbons (Fsp3) is 0.111. The number of carbonyl (C=O) groups is 1. The molecule has 0 saturated heterocycles. The van der Waals surface area contributed by atoms with E-state index >= 15 is 0 Å². The van der Waals surface area contributed by atoms with Crippen molar-refractivity contribution >= 4 is 75.8 Å². The molecule has 10 heteroatoms. The second-order valence-corrected chi connectivity index (χ2v) is 9.79. The number of rotatable bonds is 6. The third kappa shape index (κ3) is 5.64. The molecule has 5 rings (SSSR count). The summed E-state index contributed by atoms with van der Waals surface area (Å²) in [5.74, 6) is -0.434. The van der Waals surface area contributed by atoms with Crippen LogP contribution in [-0.2, 0) is 11.2 Å². The van der Waals surface area contributed by atoms with Crippen molar-refractivity contribution < 1.29 is 14.6 Å². The summed E-state index contributed by atoms with van der Waals surface area (Å²) < 4.78 is 5.63. The van der Waals surface area contributed by atoms with Gasteiger partial charge in [0.05, 0.1) is 34.5 Å². The highest BCUT2D eigenvalue weighted by molar-refractivity contribution is 8.22. The number of aliphatic imine (C=N–C) groups is 1. The van der Waals surface area contributed by atoms with Gasteiger partial charge in [-0.3, -0.25) is 0 Å². The van der Waals surface area contributed by atoms with Crippen LogP contribution in [0.4, 0.5) is 0 Å². The molecule has 0 aliphatic carbocycles. The first kappa shape index (κ1) is 29.0. The van der Waals surface area contributed by atoms with Crippen LogP contribution < -0.4 is 4.74 Å². The van der Waals surface area contributed by atoms with Crippen molar-refractivity contribution in [2.75, 3.05) is 7.11 Å². The van der Waals surface area contributed by atoms with Gasteiger partial charge in [0.25, 0.3) is 0 Å². The number of halogens is 4. The fourth-order valence-electron chi connectivity index (χ4n) is 4.31. The first-order valence-corrected chi connectivity index (χ1v) is 12.4. The summed E-state index contributed by atoms with van der Waals surface area (Å²) in [6.07, 6.45) is 2.25. The van der Waals surface area contributed by atoms with E-state index in [-0.39, 0.29) is 30.4 Å². The fourth-order valence-corrected chi connectivity index (χ4v) is 6.13. The van der Waals surface area contributed by atoms with E-state index in [2.05, 4.69) is 0 Å². The highest BCUT2D eigenvalue weighted by Crippen LogP contribution is 2.50. The van der Waals surface area contributed by atoms with E-state index in [9.17, 15) is 9.90 Å². The van der Waals surface area contributed by atoms with E-state index in [1.54, 1.807) is 25.3 Å². The van der Waals surface area contributed by atoms with Gasteiger partial charge in [0, 0.05) is 28.7 Å². The Balaban J connectivity index is 0.00000190. The van der Waals surface area contributed by atoms with Crippen LogP contribution in [0.5, 0.6) is 5.75 Å². The maximum atomic E-state index is 12.7. The topological polar surface area (TPSA) is 62.1 Å². The summed E-state index contributed by atoms with van der Waals surface area (Å²) in [5.41, 5.74) is 3.10. The summed E-state index contributed by atoms with van der Waals surface area (Å²) in [6.45, 7) is 0. The summed E-state index contributed by atoms with van der Waals surface area (Å²) in [4.78, 5) is 20.2. The number of thioether (sulfide) groups is 1. The molecule has 0 aromatic heterocycles. The molecule has 2 heterocycles. The van der Waals surface area contributed by atoms with Gasteiger partial charge in [-0.15, -0.1) is 24.8 Å². The molecule has 3 aromatic rings. The highest BCUT2D eigenvalue weighted by atomic mass is 35.5. The van der Waals surface area contributed by atoms with Gasteiger partial charge in [0.15, 0.2) is 5.17 Å². The van der Waals surface area contributed by atoms with Crippen LogP contribution in [0.2, 0.25) is 10.0 Å². The van der Waals surface area contributed by atoms with Gasteiger partial charge in [0.1, 0.15) is 5.75 Å². The second kappa shape index (κ2) is 12.3. The van der Waals surface area contributed by atoms with E-state index in [0.717, 1.165) is 16.0 Å². The molecular formula is C27H22Cl4N2O3S. The lowest BCUT2D eigenvalue weighted by Crippen LogP contribution is -2.34. The van der Waals surface area contributed by atoms with Crippen LogP contribution in [0.3, 0.4) is 0 Å². The quantitative estimate of drug-likeness (QED) is 0.314. The molecule has 0 radical (unpaired) electrons. The number of nitrogens with zero attached hydrogens (tertiary/aromatic N) is 2. The largest absolute Gasteiger partial charge is 0.496 e. The number of fused-ring (bicyclic) bond motifs is 1. The lowest BCUT2D eigenvalue weighted by Gasteiger charge is -2.34. The molecule has 1 atom stereocenters. The zero-order valence-electron chi connectivity index (χ0n) is 19.4. The number of amidine groups is 1. The summed E-state index contributed by atoms with van der Waals surface area (Å²) in [7, 11) is 1.58. The van der Waals surface area contributed by atoms with E-state index in [0.29, 0.717) is 38.6 Å². The third-order valence-corrected chi connectivity index (χ3v) is 7.50. The summed E-state index contributed by atoms with van der Waals surface area (Å²) in [6, 6.07) is 21.9. The zero-order valence-corrected chi connectivity index (χ0v) is 23.4. The van der Waals surface area contributed by atoms with Gasteiger partial charge < -0.3 is 14.7 Å². The molecule has 2 aliphatic rings. The number of para-hydroxylation sites is 1. The maximum absolute atomic E-state index is 12.7. The van der Waals surface area contributed by atoms with Crippen LogP contribution in [0, 0.1) is 0 Å². The molecule has 0 unspecified atom stereocenters. The standard InChI is InChI=1S/C27H20Cl2N2O3S.2ClH/c1-34-21-13-6-5-10-17(21)25-24(26(32)33)20(14-16-8-3-2-4-9-16)30-27-31(25)15-22(35-27)23-18(28)11-7-12-19(23)29;;/h2-13,15,25H,14H2,1H3,(H,32,33);2*1H/t25-;;/m0../s1. The van der Waals surface area contributed by atoms with Gasteiger partial charge in [0.2, 0.25) is 0 Å². The number of ether oxygens (including phenoxy) is 1. The van der Waals surface area contributed by atoms with Gasteiger partial charge in [-0.25, -0.2) is 9.79 Å². The van der Waals surface area contributed by atoms with Gasteiger partial charge in [-0.1, -0.05) is 77.8 Å². The van der Waals surface area contributed by atoms with E-state index in [1.165, 1.54) is 11.8 Å². The molecule has 0 saturated carbocycles. The Morgan fingerprint density at radius 1 is 1.00 bits per heavy atom. The predicted molar refractivity (Wildman–Crippen MR) is 156 cm³/mol. The van der Waals surface area contributed by atoms with Gasteiger partial charge >= 0.3 is 5.97 Å². The number of carboxylic acids is 1. The maximum Gasteiger partial charge on any atom is 0.335 e. The molecule has 2 aliphatic heterocycles. The smallest absolute Gasteiger partial charge is 0.335 e. The lowest BCUT2D eigenvalue weighted by atomic mass is 9.92. The Morgan fingerprint density at radius 3 is 2.30 bits per heavy atom. The van der Waals surface area contributed by atoms with E-state index in [1.807, 2.05) is 65.7 Å². The van der Waals surface area contributed by atoms with Crippen LogP contribution >= 0.6 is 59.8 Å². The number of carboxylic acid groups (broad SMARTS) is 1. The molecule has 0 amide bonds. The number of hydrogen-bond donors (Lipinski definition) is 1. The van der Waals surface area contributed by atoms with Gasteiger partial charge in [-0.2, -0.15) is 0 Å². The van der Waals surface area contributed by atoms with E-state index in [4.69, 9.17) is 32.9 Å². The minimum Gasteiger partial charge on any atom is -0.496 e. The molecular weight excluding hydrogens is 574 g/mol. The average molecular weight is 596 g/mol. The zero-order chi connectivity index (χ0) is 24.5. The average Bonchev–Trinajstić information content (AvgIpc) is 3.26.